The van der Waals surface area contributed by atoms with Crippen LogP contribution < -0.4 is 14.2 Å². The number of pyridine rings is 1. The summed E-state index contributed by atoms with van der Waals surface area (Å²) in [6.07, 6.45) is 2.77. The number of hydrogen-bond acceptors (Lipinski definition) is 5. The number of sulfonamides is 1. The van der Waals surface area contributed by atoms with Crippen molar-refractivity contribution in [3.63, 3.8) is 0 Å². The van der Waals surface area contributed by atoms with E-state index in [0.29, 0.717) is 16.0 Å². The molecule has 0 fully saturated rings. The first-order chi connectivity index (χ1) is 9.96. The van der Waals surface area contributed by atoms with E-state index in [9.17, 15) is 8.42 Å². The summed E-state index contributed by atoms with van der Waals surface area (Å²) in [6.45, 7) is 0. The summed E-state index contributed by atoms with van der Waals surface area (Å²) >= 11 is 3.19. The molecule has 2 aromatic rings. The van der Waals surface area contributed by atoms with Crippen molar-refractivity contribution < 1.29 is 17.9 Å². The minimum atomic E-state index is -3.77. The molecule has 0 atom stereocenters. The lowest BCUT2D eigenvalue weighted by Gasteiger charge is -2.13. The number of methoxy groups -OCH3 is 2. The highest BCUT2D eigenvalue weighted by Crippen LogP contribution is 2.31. The van der Waals surface area contributed by atoms with Gasteiger partial charge < -0.3 is 9.47 Å². The summed E-state index contributed by atoms with van der Waals surface area (Å²) in [6, 6.07) is 6.30. The Morgan fingerprint density at radius 1 is 1.14 bits per heavy atom. The maximum absolute atomic E-state index is 12.4. The van der Waals surface area contributed by atoms with Crippen LogP contribution in [0.1, 0.15) is 0 Å². The fourth-order valence-corrected chi connectivity index (χ4v) is 3.20. The van der Waals surface area contributed by atoms with Gasteiger partial charge in [0, 0.05) is 22.9 Å². The Bertz CT molecular complexity index is 750. The Kier molecular flexibility index (Phi) is 4.69. The second kappa shape index (κ2) is 6.31. The fraction of sp³-hybridized carbons (Fsp3) is 0.154. The average Bonchev–Trinajstić information content (AvgIpc) is 2.46. The molecule has 0 bridgehead atoms. The number of nitrogens with one attached hydrogen (secondary N) is 1. The molecular formula is C13H13BrN2O4S. The molecule has 0 spiro atoms. The van der Waals surface area contributed by atoms with Crippen molar-refractivity contribution in [3.8, 4) is 11.5 Å². The zero-order chi connectivity index (χ0) is 15.5. The number of nitrogens with zero attached hydrogens (tertiary/aromatic N) is 1. The van der Waals surface area contributed by atoms with E-state index < -0.39 is 10.0 Å². The summed E-state index contributed by atoms with van der Waals surface area (Å²) in [5.41, 5.74) is 0.289. The maximum Gasteiger partial charge on any atom is 0.263 e. The van der Waals surface area contributed by atoms with Crippen molar-refractivity contribution in [2.45, 2.75) is 4.90 Å². The van der Waals surface area contributed by atoms with Gasteiger partial charge in [0.15, 0.2) is 0 Å². The Morgan fingerprint density at radius 2 is 1.90 bits per heavy atom. The van der Waals surface area contributed by atoms with Gasteiger partial charge in [-0.25, -0.2) is 8.42 Å². The Morgan fingerprint density at radius 3 is 2.52 bits per heavy atom. The van der Waals surface area contributed by atoms with Gasteiger partial charge in [0.05, 0.1) is 19.9 Å². The summed E-state index contributed by atoms with van der Waals surface area (Å²) in [5, 5.41) is 0. The van der Waals surface area contributed by atoms with Gasteiger partial charge in [0.2, 0.25) is 0 Å². The van der Waals surface area contributed by atoms with Crippen LogP contribution in [0.5, 0.6) is 11.5 Å². The maximum atomic E-state index is 12.4. The molecule has 1 N–H and O–H groups in total. The quantitative estimate of drug-likeness (QED) is 0.872. The first-order valence-electron chi connectivity index (χ1n) is 5.81. The predicted octanol–water partition coefficient (Wildman–Crippen LogP) is 2.66. The Labute approximate surface area is 131 Å². The third-order valence-corrected chi connectivity index (χ3v) is 4.41. The molecule has 0 amide bonds. The largest absolute Gasteiger partial charge is 0.497 e. The van der Waals surface area contributed by atoms with Crippen LogP contribution in [-0.2, 0) is 10.0 Å². The van der Waals surface area contributed by atoms with Crippen molar-refractivity contribution in [1.29, 1.82) is 0 Å². The average molecular weight is 373 g/mol. The SMILES string of the molecule is COc1ccc(OC)c(NS(=O)(=O)c2cncc(Br)c2)c1. The topological polar surface area (TPSA) is 77.5 Å². The van der Waals surface area contributed by atoms with Gasteiger partial charge in [-0.15, -0.1) is 0 Å². The van der Waals surface area contributed by atoms with E-state index in [-0.39, 0.29) is 10.6 Å². The molecule has 112 valence electrons. The summed E-state index contributed by atoms with van der Waals surface area (Å²) < 4.78 is 38.0. The third kappa shape index (κ3) is 3.64. The zero-order valence-electron chi connectivity index (χ0n) is 11.3. The van der Waals surface area contributed by atoms with Crippen molar-refractivity contribution >= 4 is 31.6 Å². The minimum absolute atomic E-state index is 0.0433. The van der Waals surface area contributed by atoms with Crippen molar-refractivity contribution in [2.24, 2.45) is 0 Å². The normalized spacial score (nSPS) is 11.0. The minimum Gasteiger partial charge on any atom is -0.497 e. The van der Waals surface area contributed by atoms with Crippen molar-refractivity contribution in [1.82, 2.24) is 4.98 Å². The summed E-state index contributed by atoms with van der Waals surface area (Å²) in [5.74, 6) is 0.906. The number of anilines is 1. The lowest BCUT2D eigenvalue weighted by molar-refractivity contribution is 0.405. The van der Waals surface area contributed by atoms with Crippen molar-refractivity contribution in [3.05, 3.63) is 41.1 Å². The molecule has 6 nitrogen and oxygen atoms in total. The molecule has 8 heteroatoms. The number of benzene rings is 1. The van der Waals surface area contributed by atoms with Crippen LogP contribution in [0.4, 0.5) is 5.69 Å². The number of ether oxygens (including phenoxy) is 2. The Balaban J connectivity index is 2.40. The monoisotopic (exact) mass is 372 g/mol. The number of hydrogen-bond donors (Lipinski definition) is 1. The second-order valence-corrected chi connectivity index (χ2v) is 6.61. The van der Waals surface area contributed by atoms with E-state index >= 15 is 0 Å². The first-order valence-corrected chi connectivity index (χ1v) is 8.09. The van der Waals surface area contributed by atoms with Gasteiger partial charge in [-0.1, -0.05) is 0 Å². The molecule has 1 heterocycles. The standard InChI is InChI=1S/C13H13BrN2O4S/c1-19-10-3-4-13(20-2)12(6-10)16-21(17,18)11-5-9(14)7-15-8-11/h3-8,16H,1-2H3. The van der Waals surface area contributed by atoms with Gasteiger partial charge in [-0.05, 0) is 34.1 Å². The number of rotatable bonds is 5. The molecule has 0 aliphatic rings. The van der Waals surface area contributed by atoms with Crippen LogP contribution in [0.25, 0.3) is 0 Å². The summed E-state index contributed by atoms with van der Waals surface area (Å²) in [7, 11) is -0.815. The van der Waals surface area contributed by atoms with E-state index in [4.69, 9.17) is 9.47 Å². The predicted molar refractivity (Wildman–Crippen MR) is 82.3 cm³/mol. The molecular weight excluding hydrogens is 360 g/mol. The smallest absolute Gasteiger partial charge is 0.263 e. The molecule has 1 aromatic heterocycles. The highest BCUT2D eigenvalue weighted by molar-refractivity contribution is 9.10. The number of halogens is 1. The molecule has 1 aromatic carbocycles. The molecule has 21 heavy (non-hydrogen) atoms. The van der Waals surface area contributed by atoms with Gasteiger partial charge >= 0.3 is 0 Å². The first kappa shape index (κ1) is 15.6. The van der Waals surface area contributed by atoms with Crippen LogP contribution in [0, 0.1) is 0 Å². The van der Waals surface area contributed by atoms with E-state index in [0.717, 1.165) is 0 Å². The molecule has 0 aliphatic carbocycles. The van der Waals surface area contributed by atoms with E-state index in [1.807, 2.05) is 0 Å². The molecule has 0 saturated carbocycles. The molecule has 0 aliphatic heterocycles. The third-order valence-electron chi connectivity index (χ3n) is 2.64. The van der Waals surface area contributed by atoms with Crippen LogP contribution in [0.2, 0.25) is 0 Å². The zero-order valence-corrected chi connectivity index (χ0v) is 13.7. The van der Waals surface area contributed by atoms with Gasteiger partial charge in [0.1, 0.15) is 16.4 Å². The van der Waals surface area contributed by atoms with Crippen LogP contribution in [0.15, 0.2) is 46.0 Å². The van der Waals surface area contributed by atoms with E-state index in [1.165, 1.54) is 32.7 Å². The number of aromatic nitrogens is 1. The highest BCUT2D eigenvalue weighted by atomic mass is 79.9. The van der Waals surface area contributed by atoms with Crippen molar-refractivity contribution in [2.75, 3.05) is 18.9 Å². The molecule has 0 saturated heterocycles. The van der Waals surface area contributed by atoms with Crippen LogP contribution in [-0.4, -0.2) is 27.6 Å². The molecule has 2 rings (SSSR count). The lowest BCUT2D eigenvalue weighted by atomic mass is 10.3. The van der Waals surface area contributed by atoms with Gasteiger partial charge in [-0.2, -0.15) is 0 Å². The van der Waals surface area contributed by atoms with E-state index in [2.05, 4.69) is 25.6 Å². The Hall–Kier alpha value is -1.80. The second-order valence-electron chi connectivity index (χ2n) is 4.01. The molecule has 0 unspecified atom stereocenters. The van der Waals surface area contributed by atoms with Crippen LogP contribution >= 0.6 is 15.9 Å². The highest BCUT2D eigenvalue weighted by Gasteiger charge is 2.18. The van der Waals surface area contributed by atoms with Crippen LogP contribution in [0.3, 0.4) is 0 Å². The fourth-order valence-electron chi connectivity index (χ4n) is 1.64. The summed E-state index contributed by atoms with van der Waals surface area (Å²) in [4.78, 5) is 3.89. The van der Waals surface area contributed by atoms with Gasteiger partial charge in [-0.3, -0.25) is 9.71 Å². The van der Waals surface area contributed by atoms with Gasteiger partial charge in [0.25, 0.3) is 10.0 Å². The molecule has 0 radical (unpaired) electrons. The lowest BCUT2D eigenvalue weighted by Crippen LogP contribution is -2.14. The van der Waals surface area contributed by atoms with E-state index in [1.54, 1.807) is 18.2 Å².